The molecular weight excluding hydrogens is 250 g/mol. The summed E-state index contributed by atoms with van der Waals surface area (Å²) in [5, 5.41) is 4.09. The van der Waals surface area contributed by atoms with Crippen LogP contribution in [0.15, 0.2) is 28.8 Å². The molecule has 2 aromatic rings. The van der Waals surface area contributed by atoms with Crippen molar-refractivity contribution in [2.75, 3.05) is 0 Å². The second kappa shape index (κ2) is 5.02. The van der Waals surface area contributed by atoms with E-state index in [0.717, 1.165) is 0 Å². The van der Waals surface area contributed by atoms with Crippen LogP contribution in [0.5, 0.6) is 0 Å². The lowest BCUT2D eigenvalue weighted by Gasteiger charge is -2.34. The molecule has 0 fully saturated rings. The minimum atomic E-state index is -0.431. The molecule has 1 aromatic carbocycles. The molecule has 0 saturated heterocycles. The number of aromatic nitrogens is 2. The highest BCUT2D eigenvalue weighted by molar-refractivity contribution is 5.28. The molecule has 0 atom stereocenters. The van der Waals surface area contributed by atoms with Gasteiger partial charge in [0, 0.05) is 12.0 Å². The summed E-state index contributed by atoms with van der Waals surface area (Å²) in [7, 11) is 0. The molecule has 0 spiro atoms. The van der Waals surface area contributed by atoms with Gasteiger partial charge in [0.15, 0.2) is 5.82 Å². The standard InChI is InChI=1S/C16H23N3O/c1-11-8-6-7-9-12(11)10-13-18-14(20-19-13)15(2,3)16(4,5)17/h6-9H,10,17H2,1-5H3. The van der Waals surface area contributed by atoms with Crippen LogP contribution >= 0.6 is 0 Å². The van der Waals surface area contributed by atoms with Crippen molar-refractivity contribution in [3.8, 4) is 0 Å². The summed E-state index contributed by atoms with van der Waals surface area (Å²) in [6.07, 6.45) is 0.678. The Kier molecular flexibility index (Phi) is 3.69. The van der Waals surface area contributed by atoms with Crippen LogP contribution in [0.2, 0.25) is 0 Å². The third kappa shape index (κ3) is 2.75. The van der Waals surface area contributed by atoms with Gasteiger partial charge in [0.05, 0.1) is 5.41 Å². The van der Waals surface area contributed by atoms with Gasteiger partial charge < -0.3 is 10.3 Å². The minimum Gasteiger partial charge on any atom is -0.339 e. The second-order valence-corrected chi connectivity index (χ2v) is 6.47. The summed E-state index contributed by atoms with van der Waals surface area (Å²) >= 11 is 0. The number of nitrogens with zero attached hydrogens (tertiary/aromatic N) is 2. The maximum atomic E-state index is 6.20. The van der Waals surface area contributed by atoms with E-state index >= 15 is 0 Å². The largest absolute Gasteiger partial charge is 0.339 e. The summed E-state index contributed by atoms with van der Waals surface area (Å²) in [5.41, 5.74) is 7.85. The van der Waals surface area contributed by atoms with Crippen LogP contribution in [0.1, 0.15) is 50.5 Å². The van der Waals surface area contributed by atoms with Crippen molar-refractivity contribution < 1.29 is 4.52 Å². The maximum absolute atomic E-state index is 6.20. The SMILES string of the molecule is Cc1ccccc1Cc1noc(C(C)(C)C(C)(C)N)n1. The van der Waals surface area contributed by atoms with E-state index in [4.69, 9.17) is 10.3 Å². The predicted octanol–water partition coefficient (Wildman–Crippen LogP) is 2.98. The Bertz CT molecular complexity index is 594. The number of hydrogen-bond acceptors (Lipinski definition) is 4. The van der Waals surface area contributed by atoms with E-state index in [9.17, 15) is 0 Å². The Morgan fingerprint density at radius 3 is 2.40 bits per heavy atom. The smallest absolute Gasteiger partial charge is 0.234 e. The van der Waals surface area contributed by atoms with Gasteiger partial charge in [0.25, 0.3) is 0 Å². The number of rotatable bonds is 4. The summed E-state index contributed by atoms with van der Waals surface area (Å²) < 4.78 is 5.43. The number of benzene rings is 1. The number of hydrogen-bond donors (Lipinski definition) is 1. The van der Waals surface area contributed by atoms with Crippen LogP contribution in [0.25, 0.3) is 0 Å². The van der Waals surface area contributed by atoms with Crippen molar-refractivity contribution in [1.29, 1.82) is 0 Å². The van der Waals surface area contributed by atoms with Gasteiger partial charge >= 0.3 is 0 Å². The summed E-state index contributed by atoms with van der Waals surface area (Å²) in [6.45, 7) is 10.1. The first-order chi connectivity index (χ1) is 9.22. The van der Waals surface area contributed by atoms with Crippen molar-refractivity contribution in [1.82, 2.24) is 10.1 Å². The van der Waals surface area contributed by atoms with Crippen molar-refractivity contribution in [2.24, 2.45) is 5.73 Å². The lowest BCUT2D eigenvalue weighted by molar-refractivity contribution is 0.222. The van der Waals surface area contributed by atoms with Crippen molar-refractivity contribution >= 4 is 0 Å². The second-order valence-electron chi connectivity index (χ2n) is 6.47. The topological polar surface area (TPSA) is 64.9 Å². The Hall–Kier alpha value is -1.68. The van der Waals surface area contributed by atoms with Gasteiger partial charge in [-0.15, -0.1) is 0 Å². The summed E-state index contributed by atoms with van der Waals surface area (Å²) in [5.74, 6) is 1.29. The number of aryl methyl sites for hydroxylation is 1. The van der Waals surface area contributed by atoms with E-state index < -0.39 is 5.54 Å². The lowest BCUT2D eigenvalue weighted by Crippen LogP contribution is -2.50. The van der Waals surface area contributed by atoms with E-state index in [0.29, 0.717) is 18.1 Å². The van der Waals surface area contributed by atoms with Gasteiger partial charge in [-0.3, -0.25) is 0 Å². The molecular formula is C16H23N3O. The van der Waals surface area contributed by atoms with Crippen LogP contribution in [0.4, 0.5) is 0 Å². The van der Waals surface area contributed by atoms with Crippen LogP contribution in [0.3, 0.4) is 0 Å². The van der Waals surface area contributed by atoms with E-state index in [2.05, 4.69) is 29.2 Å². The minimum absolute atomic E-state index is 0.371. The molecule has 0 aliphatic heterocycles. The van der Waals surface area contributed by atoms with Crippen LogP contribution in [0, 0.1) is 6.92 Å². The maximum Gasteiger partial charge on any atom is 0.234 e. The fraction of sp³-hybridized carbons (Fsp3) is 0.500. The molecule has 0 radical (unpaired) electrons. The zero-order valence-corrected chi connectivity index (χ0v) is 12.9. The first-order valence-electron chi connectivity index (χ1n) is 6.88. The van der Waals surface area contributed by atoms with E-state index in [1.807, 2.05) is 39.8 Å². The van der Waals surface area contributed by atoms with Crippen molar-refractivity contribution in [3.05, 3.63) is 47.1 Å². The lowest BCUT2D eigenvalue weighted by atomic mass is 9.75. The van der Waals surface area contributed by atoms with Crippen LogP contribution in [-0.4, -0.2) is 15.7 Å². The zero-order valence-electron chi connectivity index (χ0n) is 12.9. The highest BCUT2D eigenvalue weighted by Crippen LogP contribution is 2.31. The quantitative estimate of drug-likeness (QED) is 0.930. The van der Waals surface area contributed by atoms with E-state index in [-0.39, 0.29) is 5.41 Å². The average molecular weight is 273 g/mol. The van der Waals surface area contributed by atoms with Gasteiger partial charge in [0.2, 0.25) is 5.89 Å². The van der Waals surface area contributed by atoms with Crippen LogP contribution in [-0.2, 0) is 11.8 Å². The van der Waals surface area contributed by atoms with Gasteiger partial charge in [0.1, 0.15) is 0 Å². The van der Waals surface area contributed by atoms with Gasteiger partial charge in [-0.25, -0.2) is 0 Å². The summed E-state index contributed by atoms with van der Waals surface area (Å²) in [4.78, 5) is 4.53. The Morgan fingerprint density at radius 2 is 1.80 bits per heavy atom. The number of nitrogens with two attached hydrogens (primary N) is 1. The molecule has 2 N–H and O–H groups in total. The van der Waals surface area contributed by atoms with E-state index in [1.165, 1.54) is 11.1 Å². The average Bonchev–Trinajstić information content (AvgIpc) is 2.80. The fourth-order valence-corrected chi connectivity index (χ4v) is 1.83. The molecule has 2 rings (SSSR count). The Morgan fingerprint density at radius 1 is 1.15 bits per heavy atom. The monoisotopic (exact) mass is 273 g/mol. The van der Waals surface area contributed by atoms with Gasteiger partial charge in [-0.2, -0.15) is 4.98 Å². The highest BCUT2D eigenvalue weighted by Gasteiger charge is 2.40. The molecule has 0 unspecified atom stereocenters. The Balaban J connectivity index is 2.24. The normalized spacial score (nSPS) is 12.7. The molecule has 1 heterocycles. The molecule has 0 bridgehead atoms. The van der Waals surface area contributed by atoms with Crippen molar-refractivity contribution in [3.63, 3.8) is 0 Å². The fourth-order valence-electron chi connectivity index (χ4n) is 1.83. The summed E-state index contributed by atoms with van der Waals surface area (Å²) in [6, 6.07) is 8.23. The third-order valence-electron chi connectivity index (χ3n) is 4.22. The molecule has 0 amide bonds. The molecule has 4 heteroatoms. The zero-order chi connectivity index (χ0) is 15.0. The van der Waals surface area contributed by atoms with E-state index in [1.54, 1.807) is 0 Å². The van der Waals surface area contributed by atoms with Gasteiger partial charge in [-0.05, 0) is 45.7 Å². The molecule has 108 valence electrons. The Labute approximate surface area is 120 Å². The first kappa shape index (κ1) is 14.7. The van der Waals surface area contributed by atoms with Crippen molar-refractivity contribution in [2.45, 2.75) is 52.0 Å². The molecule has 1 aromatic heterocycles. The molecule has 20 heavy (non-hydrogen) atoms. The van der Waals surface area contributed by atoms with Gasteiger partial charge in [-0.1, -0.05) is 29.4 Å². The molecule has 4 nitrogen and oxygen atoms in total. The third-order valence-corrected chi connectivity index (χ3v) is 4.22. The first-order valence-corrected chi connectivity index (χ1v) is 6.88. The molecule has 0 aliphatic carbocycles. The highest BCUT2D eigenvalue weighted by atomic mass is 16.5. The van der Waals surface area contributed by atoms with Crippen LogP contribution < -0.4 is 5.73 Å². The predicted molar refractivity (Wildman–Crippen MR) is 79.6 cm³/mol. The molecule has 0 saturated carbocycles. The molecule has 0 aliphatic rings.